The molecule has 2 atom stereocenters. The van der Waals surface area contributed by atoms with E-state index in [0.29, 0.717) is 27.9 Å². The topological polar surface area (TPSA) is 178 Å². The molecule has 1 aliphatic rings. The molecule has 0 radical (unpaired) electrons. The summed E-state index contributed by atoms with van der Waals surface area (Å²) in [5.41, 5.74) is 0.585. The van der Waals surface area contributed by atoms with Gasteiger partial charge in [0.05, 0.1) is 15.6 Å². The van der Waals surface area contributed by atoms with Crippen molar-refractivity contribution in [3.05, 3.63) is 40.3 Å². The number of carbonyl (C=O) groups is 1. The van der Waals surface area contributed by atoms with Crippen molar-refractivity contribution >= 4 is 27.6 Å². The van der Waals surface area contributed by atoms with Crippen LogP contribution in [0.15, 0.2) is 34.5 Å². The summed E-state index contributed by atoms with van der Waals surface area (Å²) < 4.78 is 28.5. The Morgan fingerprint density at radius 1 is 1.33 bits per heavy atom. The van der Waals surface area contributed by atoms with Gasteiger partial charge in [-0.1, -0.05) is 0 Å². The van der Waals surface area contributed by atoms with Crippen LogP contribution in [0.1, 0.15) is 23.0 Å². The lowest BCUT2D eigenvalue weighted by molar-refractivity contribution is -0.406. The van der Waals surface area contributed by atoms with E-state index in [9.17, 15) is 28.9 Å². The zero-order chi connectivity index (χ0) is 22.5. The number of aromatic nitrogens is 1. The van der Waals surface area contributed by atoms with Crippen LogP contribution in [0.2, 0.25) is 0 Å². The Bertz CT molecular complexity index is 944. The molecule has 0 bridgehead atoms. The molecule has 11 nitrogen and oxygen atoms in total. The van der Waals surface area contributed by atoms with Crippen LogP contribution >= 0.6 is 11.3 Å². The molecule has 1 aromatic carbocycles. The van der Waals surface area contributed by atoms with Crippen molar-refractivity contribution < 1.29 is 43.6 Å². The summed E-state index contributed by atoms with van der Waals surface area (Å²) in [5, 5.41) is 48.5. The number of piperidine rings is 1. The summed E-state index contributed by atoms with van der Waals surface area (Å²) in [6.07, 6.45) is -0.177. The molecule has 0 spiro atoms. The Kier molecular flexibility index (Phi) is 7.87. The van der Waals surface area contributed by atoms with Crippen LogP contribution in [0.3, 0.4) is 0 Å². The smallest absolute Gasteiger partial charge is 0.290 e. The van der Waals surface area contributed by atoms with E-state index >= 15 is 0 Å². The molecule has 0 amide bonds. The average Bonchev–Trinajstić information content (AvgIpc) is 3.14. The number of hydrogen-bond acceptors (Lipinski definition) is 11. The highest BCUT2D eigenvalue weighted by Gasteiger charge is 2.49. The van der Waals surface area contributed by atoms with Crippen molar-refractivity contribution in [3.8, 4) is 5.75 Å². The Morgan fingerprint density at radius 3 is 2.50 bits per heavy atom. The fourth-order valence-corrected chi connectivity index (χ4v) is 4.36. The Labute approximate surface area is 176 Å². The van der Waals surface area contributed by atoms with Crippen molar-refractivity contribution in [3.63, 3.8) is 0 Å². The Morgan fingerprint density at radius 2 is 1.93 bits per heavy atom. The molecule has 2 unspecified atom stereocenters. The first kappa shape index (κ1) is 24.1. The molecular formula is C17H22N2O9S2. The van der Waals surface area contributed by atoms with Crippen LogP contribution in [-0.2, 0) is 21.2 Å². The van der Waals surface area contributed by atoms with Gasteiger partial charge in [-0.2, -0.15) is 0 Å². The van der Waals surface area contributed by atoms with Crippen LogP contribution in [0.5, 0.6) is 5.75 Å². The van der Waals surface area contributed by atoms with Crippen LogP contribution in [-0.4, -0.2) is 75.4 Å². The highest BCUT2D eigenvalue weighted by molar-refractivity contribution is 7.90. The maximum absolute atomic E-state index is 11.4. The third kappa shape index (κ3) is 5.72. The number of aliphatic hydroxyl groups excluding tert-OH is 1. The predicted octanol–water partition coefficient (Wildman–Crippen LogP) is 0.00420. The van der Waals surface area contributed by atoms with Crippen molar-refractivity contribution in [1.29, 1.82) is 0 Å². The van der Waals surface area contributed by atoms with Crippen molar-refractivity contribution in [2.75, 3.05) is 12.8 Å². The highest BCUT2D eigenvalue weighted by Crippen LogP contribution is 2.36. The van der Waals surface area contributed by atoms with Gasteiger partial charge >= 0.3 is 0 Å². The van der Waals surface area contributed by atoms with E-state index in [1.807, 2.05) is 0 Å². The van der Waals surface area contributed by atoms with Crippen LogP contribution in [0.4, 0.5) is 0 Å². The number of hydrogen-bond donors (Lipinski definition) is 5. The number of nitrogens with zero attached hydrogens (tertiary/aromatic N) is 2. The maximum atomic E-state index is 11.4. The van der Waals surface area contributed by atoms with Gasteiger partial charge in [-0.25, -0.2) is 13.4 Å². The minimum atomic E-state index is -3.27. The molecule has 1 aliphatic heterocycles. The fraction of sp³-hybridized carbons (Fsp3) is 0.412. The van der Waals surface area contributed by atoms with Gasteiger partial charge in [-0.3, -0.25) is 4.79 Å². The van der Waals surface area contributed by atoms with Gasteiger partial charge in [0.15, 0.2) is 9.84 Å². The van der Waals surface area contributed by atoms with E-state index in [1.54, 1.807) is 17.5 Å². The summed E-state index contributed by atoms with van der Waals surface area (Å²) in [5.74, 6) is -2.88. The SMILES string of the molecule is CS(=O)(=O)c1ccc(OCc2csc(C3CCN(O)C(O)(O)C3O)n2)cc1.O=CO. The lowest BCUT2D eigenvalue weighted by atomic mass is 9.92. The van der Waals surface area contributed by atoms with Crippen molar-refractivity contribution in [2.45, 2.75) is 35.9 Å². The lowest BCUT2D eigenvalue weighted by Crippen LogP contribution is -2.61. The highest BCUT2D eigenvalue weighted by atomic mass is 32.2. The fourth-order valence-electron chi connectivity index (χ4n) is 2.76. The normalized spacial score (nSPS) is 21.4. The molecule has 0 aliphatic carbocycles. The van der Waals surface area contributed by atoms with Crippen molar-refractivity contribution in [1.82, 2.24) is 10.0 Å². The van der Waals surface area contributed by atoms with Crippen LogP contribution in [0.25, 0.3) is 0 Å². The number of carboxylic acid groups (broad SMARTS) is 1. The molecule has 5 N–H and O–H groups in total. The number of hydroxylamine groups is 2. The number of rotatable bonds is 5. The Balaban J connectivity index is 0.00000101. The summed E-state index contributed by atoms with van der Waals surface area (Å²) >= 11 is 1.25. The molecule has 1 aromatic heterocycles. The van der Waals surface area contributed by atoms with Crippen molar-refractivity contribution in [2.24, 2.45) is 0 Å². The van der Waals surface area contributed by atoms with E-state index in [-0.39, 0.29) is 24.5 Å². The zero-order valence-corrected chi connectivity index (χ0v) is 17.5. The second kappa shape index (κ2) is 9.78. The molecule has 1 fully saturated rings. The van der Waals surface area contributed by atoms with Crippen LogP contribution in [0, 0.1) is 0 Å². The first-order valence-corrected chi connectivity index (χ1v) is 11.3. The van der Waals surface area contributed by atoms with Gasteiger partial charge < -0.3 is 30.4 Å². The molecule has 1 saturated heterocycles. The molecule has 2 heterocycles. The molecular weight excluding hydrogens is 440 g/mol. The Hall–Kier alpha value is -2.13. The lowest BCUT2D eigenvalue weighted by Gasteiger charge is -2.41. The van der Waals surface area contributed by atoms with Gasteiger partial charge in [0.25, 0.3) is 12.4 Å². The molecule has 0 saturated carbocycles. The average molecular weight is 463 g/mol. The number of aliphatic hydroxyl groups is 3. The third-order valence-electron chi connectivity index (χ3n) is 4.34. The van der Waals surface area contributed by atoms with E-state index < -0.39 is 27.8 Å². The summed E-state index contributed by atoms with van der Waals surface area (Å²) in [7, 11) is -3.27. The molecule has 13 heteroatoms. The summed E-state index contributed by atoms with van der Waals surface area (Å²) in [6.45, 7) is -0.139. The minimum Gasteiger partial charge on any atom is -0.487 e. The third-order valence-corrected chi connectivity index (χ3v) is 6.49. The number of ether oxygens (including phenoxy) is 1. The standard InChI is InChI=1S/C16H20N2O7S2.CH2O2/c1-27(23,24)12-4-2-11(3-5-12)25-8-10-9-26-15(17-10)13-6-7-18(22)16(20,21)14(13)19;2-1-3/h2-5,9,13-14,19-22H,6-8H2,1H3;1H,(H,2,3). The number of benzene rings is 1. The second-order valence-electron chi connectivity index (χ2n) is 6.47. The van der Waals surface area contributed by atoms with Gasteiger partial charge in [-0.05, 0) is 30.7 Å². The minimum absolute atomic E-state index is 0.0210. The molecule has 30 heavy (non-hydrogen) atoms. The summed E-state index contributed by atoms with van der Waals surface area (Å²) in [4.78, 5) is 12.9. The first-order valence-electron chi connectivity index (χ1n) is 8.55. The monoisotopic (exact) mass is 462 g/mol. The zero-order valence-electron chi connectivity index (χ0n) is 15.8. The van der Waals surface area contributed by atoms with E-state index in [0.717, 1.165) is 6.26 Å². The molecule has 3 rings (SSSR count). The van der Waals surface area contributed by atoms with Crippen LogP contribution < -0.4 is 4.74 Å². The molecule has 166 valence electrons. The van der Waals surface area contributed by atoms with E-state index in [4.69, 9.17) is 14.6 Å². The second-order valence-corrected chi connectivity index (χ2v) is 9.37. The number of sulfone groups is 1. The maximum Gasteiger partial charge on any atom is 0.290 e. The first-order chi connectivity index (χ1) is 14.0. The summed E-state index contributed by atoms with van der Waals surface area (Å²) in [6, 6.07) is 6.02. The van der Waals surface area contributed by atoms with E-state index in [2.05, 4.69) is 4.98 Å². The van der Waals surface area contributed by atoms with Gasteiger partial charge in [0, 0.05) is 24.1 Å². The van der Waals surface area contributed by atoms with Gasteiger partial charge in [0.1, 0.15) is 18.5 Å². The predicted molar refractivity (Wildman–Crippen MR) is 104 cm³/mol. The quantitative estimate of drug-likeness (QED) is 0.298. The molecule has 2 aromatic rings. The number of thiazole rings is 1. The van der Waals surface area contributed by atoms with Gasteiger partial charge in [-0.15, -0.1) is 16.4 Å². The largest absolute Gasteiger partial charge is 0.487 e. The van der Waals surface area contributed by atoms with Gasteiger partial charge in [0.2, 0.25) is 0 Å². The van der Waals surface area contributed by atoms with E-state index in [1.165, 1.54) is 23.5 Å².